The summed E-state index contributed by atoms with van der Waals surface area (Å²) in [6.45, 7) is 5.52. The monoisotopic (exact) mass is 195 g/mol. The maximum Gasteiger partial charge on any atom is 0.111 e. The van der Waals surface area contributed by atoms with Gasteiger partial charge in [0.1, 0.15) is 5.54 Å². The Kier molecular flexibility index (Phi) is 3.91. The normalized spacial score (nSPS) is 22.2. The fourth-order valence-corrected chi connectivity index (χ4v) is 2.12. The third-order valence-corrected chi connectivity index (χ3v) is 3.29. The molecule has 14 heavy (non-hydrogen) atoms. The van der Waals surface area contributed by atoms with E-state index in [1.54, 1.807) is 0 Å². The van der Waals surface area contributed by atoms with Crippen molar-refractivity contribution in [1.29, 1.82) is 5.26 Å². The van der Waals surface area contributed by atoms with Crippen LogP contribution in [-0.2, 0) is 0 Å². The van der Waals surface area contributed by atoms with Crippen molar-refractivity contribution >= 4 is 0 Å². The molecule has 0 N–H and O–H groups in total. The molecule has 0 radical (unpaired) electrons. The highest BCUT2D eigenvalue weighted by molar-refractivity contribution is 5.09. The fourth-order valence-electron chi connectivity index (χ4n) is 2.12. The lowest BCUT2D eigenvalue weighted by Crippen LogP contribution is -2.51. The van der Waals surface area contributed by atoms with Crippen molar-refractivity contribution in [3.63, 3.8) is 0 Å². The summed E-state index contributed by atoms with van der Waals surface area (Å²) >= 11 is 0. The minimum atomic E-state index is -0.204. The topological polar surface area (TPSA) is 30.3 Å². The van der Waals surface area contributed by atoms with Crippen molar-refractivity contribution in [3.05, 3.63) is 0 Å². The summed E-state index contributed by atoms with van der Waals surface area (Å²) in [4.78, 5) is 4.54. The molecule has 0 bridgehead atoms. The van der Waals surface area contributed by atoms with E-state index in [9.17, 15) is 5.26 Å². The highest BCUT2D eigenvalue weighted by Gasteiger charge is 2.36. The molecular formula is C11H21N3. The number of likely N-dealkylation sites (tertiary alicyclic amines) is 1. The van der Waals surface area contributed by atoms with E-state index in [4.69, 9.17) is 0 Å². The van der Waals surface area contributed by atoms with Crippen molar-refractivity contribution in [2.75, 3.05) is 33.7 Å². The third kappa shape index (κ3) is 2.26. The molecule has 0 aromatic heterocycles. The van der Waals surface area contributed by atoms with Gasteiger partial charge in [0.15, 0.2) is 0 Å². The molecule has 1 rings (SSSR count). The van der Waals surface area contributed by atoms with Crippen LogP contribution < -0.4 is 0 Å². The molecular weight excluding hydrogens is 174 g/mol. The molecule has 80 valence electrons. The maximum atomic E-state index is 9.22. The molecule has 0 atom stereocenters. The largest absolute Gasteiger partial charge is 0.303 e. The van der Waals surface area contributed by atoms with Gasteiger partial charge in [0.2, 0.25) is 0 Å². The van der Waals surface area contributed by atoms with Crippen LogP contribution in [0.3, 0.4) is 0 Å². The van der Waals surface area contributed by atoms with Gasteiger partial charge in [-0.3, -0.25) is 4.90 Å². The van der Waals surface area contributed by atoms with Crippen LogP contribution in [0.15, 0.2) is 0 Å². The molecule has 1 fully saturated rings. The van der Waals surface area contributed by atoms with Crippen LogP contribution in [0.5, 0.6) is 0 Å². The molecule has 0 aromatic carbocycles. The summed E-state index contributed by atoms with van der Waals surface area (Å²) in [7, 11) is 4.03. The number of nitrogens with zero attached hydrogens (tertiary/aromatic N) is 3. The lowest BCUT2D eigenvalue weighted by Gasteiger charge is -2.41. The van der Waals surface area contributed by atoms with E-state index in [-0.39, 0.29) is 5.54 Å². The second kappa shape index (κ2) is 4.77. The third-order valence-electron chi connectivity index (χ3n) is 3.29. The molecule has 3 nitrogen and oxygen atoms in total. The summed E-state index contributed by atoms with van der Waals surface area (Å²) in [5, 5.41) is 9.22. The molecule has 0 unspecified atom stereocenters. The van der Waals surface area contributed by atoms with E-state index < -0.39 is 0 Å². The van der Waals surface area contributed by atoms with Gasteiger partial charge in [0, 0.05) is 13.1 Å². The molecule has 0 saturated carbocycles. The molecule has 1 heterocycles. The number of piperidine rings is 1. The zero-order valence-electron chi connectivity index (χ0n) is 9.58. The van der Waals surface area contributed by atoms with E-state index in [2.05, 4.69) is 22.8 Å². The average molecular weight is 195 g/mol. The Morgan fingerprint density at radius 1 is 1.36 bits per heavy atom. The second-order valence-electron chi connectivity index (χ2n) is 4.38. The molecule has 1 aliphatic heterocycles. The first kappa shape index (κ1) is 11.5. The Balaban J connectivity index is 2.52. The van der Waals surface area contributed by atoms with E-state index in [0.717, 1.165) is 25.9 Å². The van der Waals surface area contributed by atoms with Gasteiger partial charge >= 0.3 is 0 Å². The maximum absolute atomic E-state index is 9.22. The van der Waals surface area contributed by atoms with Crippen LogP contribution in [0.4, 0.5) is 0 Å². The zero-order chi connectivity index (χ0) is 10.6. The predicted octanol–water partition coefficient (Wildman–Crippen LogP) is 1.32. The molecule has 1 aliphatic rings. The summed E-state index contributed by atoms with van der Waals surface area (Å²) < 4.78 is 0. The molecule has 0 amide bonds. The molecule has 3 heteroatoms. The van der Waals surface area contributed by atoms with Crippen molar-refractivity contribution in [2.45, 2.75) is 31.7 Å². The number of nitriles is 1. The molecule has 0 aliphatic carbocycles. The lowest BCUT2D eigenvalue weighted by atomic mass is 9.88. The van der Waals surface area contributed by atoms with Crippen LogP contribution in [0.1, 0.15) is 26.2 Å². The van der Waals surface area contributed by atoms with E-state index in [1.165, 1.54) is 13.0 Å². The Labute approximate surface area is 87.3 Å². The Morgan fingerprint density at radius 2 is 1.93 bits per heavy atom. The summed E-state index contributed by atoms with van der Waals surface area (Å²) in [6, 6.07) is 2.48. The quantitative estimate of drug-likeness (QED) is 0.680. The zero-order valence-corrected chi connectivity index (χ0v) is 9.58. The van der Waals surface area contributed by atoms with Crippen molar-refractivity contribution in [2.24, 2.45) is 0 Å². The first-order valence-electron chi connectivity index (χ1n) is 5.45. The van der Waals surface area contributed by atoms with Gasteiger partial charge < -0.3 is 4.90 Å². The van der Waals surface area contributed by atoms with Crippen LogP contribution >= 0.6 is 0 Å². The van der Waals surface area contributed by atoms with Gasteiger partial charge in [0.05, 0.1) is 6.07 Å². The summed E-state index contributed by atoms with van der Waals surface area (Å²) in [6.07, 6.45) is 3.18. The smallest absolute Gasteiger partial charge is 0.111 e. The van der Waals surface area contributed by atoms with Gasteiger partial charge in [-0.15, -0.1) is 0 Å². The minimum absolute atomic E-state index is 0.204. The standard InChI is InChI=1S/C11H21N3/c1-4-7-14-8-5-11(10-12,6-9-14)13(2)3/h4-9H2,1-3H3. The van der Waals surface area contributed by atoms with Crippen LogP contribution in [0, 0.1) is 11.3 Å². The number of hydrogen-bond acceptors (Lipinski definition) is 3. The van der Waals surface area contributed by atoms with Crippen LogP contribution in [0.25, 0.3) is 0 Å². The lowest BCUT2D eigenvalue weighted by molar-refractivity contribution is 0.0985. The molecule has 1 saturated heterocycles. The van der Waals surface area contributed by atoms with Gasteiger partial charge in [-0.2, -0.15) is 5.26 Å². The minimum Gasteiger partial charge on any atom is -0.303 e. The van der Waals surface area contributed by atoms with Crippen molar-refractivity contribution in [1.82, 2.24) is 9.80 Å². The summed E-state index contributed by atoms with van der Waals surface area (Å²) in [5.74, 6) is 0. The molecule has 0 aromatic rings. The SMILES string of the molecule is CCCN1CCC(C#N)(N(C)C)CC1. The van der Waals surface area contributed by atoms with Crippen molar-refractivity contribution in [3.8, 4) is 6.07 Å². The van der Waals surface area contributed by atoms with Crippen LogP contribution in [-0.4, -0.2) is 49.1 Å². The molecule has 0 spiro atoms. The van der Waals surface area contributed by atoms with E-state index >= 15 is 0 Å². The summed E-state index contributed by atoms with van der Waals surface area (Å²) in [5.41, 5.74) is -0.204. The van der Waals surface area contributed by atoms with Gasteiger partial charge in [0.25, 0.3) is 0 Å². The number of hydrogen-bond donors (Lipinski definition) is 0. The van der Waals surface area contributed by atoms with Crippen molar-refractivity contribution < 1.29 is 0 Å². The van der Waals surface area contributed by atoms with Gasteiger partial charge in [-0.1, -0.05) is 6.92 Å². The van der Waals surface area contributed by atoms with E-state index in [0.29, 0.717) is 0 Å². The Hall–Kier alpha value is -0.590. The van der Waals surface area contributed by atoms with Gasteiger partial charge in [-0.25, -0.2) is 0 Å². The highest BCUT2D eigenvalue weighted by Crippen LogP contribution is 2.26. The first-order valence-corrected chi connectivity index (χ1v) is 5.45. The first-order chi connectivity index (χ1) is 6.64. The predicted molar refractivity (Wildman–Crippen MR) is 58.0 cm³/mol. The average Bonchev–Trinajstić information content (AvgIpc) is 2.19. The van der Waals surface area contributed by atoms with Gasteiger partial charge in [-0.05, 0) is 39.9 Å². The van der Waals surface area contributed by atoms with E-state index in [1.807, 2.05) is 14.1 Å². The number of rotatable bonds is 3. The second-order valence-corrected chi connectivity index (χ2v) is 4.38. The van der Waals surface area contributed by atoms with Crippen LogP contribution in [0.2, 0.25) is 0 Å². The Morgan fingerprint density at radius 3 is 2.29 bits per heavy atom. The fraction of sp³-hybridized carbons (Fsp3) is 0.909. The Bertz CT molecular complexity index is 209. The highest BCUT2D eigenvalue weighted by atomic mass is 15.2.